The normalized spacial score (nSPS) is 17.0. The van der Waals surface area contributed by atoms with Crippen molar-refractivity contribution < 1.29 is 33.4 Å². The summed E-state index contributed by atoms with van der Waals surface area (Å²) in [5, 5.41) is 2.61. The Balaban J connectivity index is 1.55. The first-order valence-corrected chi connectivity index (χ1v) is 12.5. The van der Waals surface area contributed by atoms with Crippen LogP contribution in [0.3, 0.4) is 0 Å². The van der Waals surface area contributed by atoms with Gasteiger partial charge in [0.25, 0.3) is 0 Å². The number of benzene rings is 1. The molecule has 1 aliphatic carbocycles. The van der Waals surface area contributed by atoms with Gasteiger partial charge in [0.05, 0.1) is 0 Å². The number of alkyl carbamates (subject to hydrolysis) is 1. The fourth-order valence-electron chi connectivity index (χ4n) is 3.85. The predicted molar refractivity (Wildman–Crippen MR) is 131 cm³/mol. The van der Waals surface area contributed by atoms with Gasteiger partial charge in [0.1, 0.15) is 24.4 Å². The lowest BCUT2D eigenvalue weighted by atomic mass is 9.96. The largest absolute Gasteiger partial charge is 0.460 e. The van der Waals surface area contributed by atoms with E-state index >= 15 is 0 Å². The molecule has 1 N–H and O–H groups in total. The second kappa shape index (κ2) is 12.6. The number of carbonyl (C=O) groups is 4. The molecule has 2 aliphatic rings. The molecule has 36 heavy (non-hydrogen) atoms. The molecule has 1 aromatic rings. The van der Waals surface area contributed by atoms with Crippen molar-refractivity contribution in [3.63, 3.8) is 0 Å². The molecule has 10 heteroatoms. The number of esters is 1. The van der Waals surface area contributed by atoms with E-state index in [4.69, 9.17) is 14.2 Å². The van der Waals surface area contributed by atoms with Crippen LogP contribution in [-0.4, -0.2) is 77.8 Å². The molecule has 1 saturated carbocycles. The van der Waals surface area contributed by atoms with E-state index in [1.54, 1.807) is 30.6 Å². The van der Waals surface area contributed by atoms with Crippen molar-refractivity contribution in [1.82, 2.24) is 15.1 Å². The topological polar surface area (TPSA) is 114 Å². The van der Waals surface area contributed by atoms with Gasteiger partial charge in [-0.25, -0.2) is 9.59 Å². The maximum absolute atomic E-state index is 13.3. The van der Waals surface area contributed by atoms with Crippen molar-refractivity contribution in [1.29, 1.82) is 0 Å². The Kier molecular flexibility index (Phi) is 9.55. The number of nitrogens with one attached hydrogen (secondary N) is 1. The Hall–Kier alpha value is -3.30. The van der Waals surface area contributed by atoms with Crippen molar-refractivity contribution in [2.24, 2.45) is 0 Å². The van der Waals surface area contributed by atoms with Crippen LogP contribution in [0.2, 0.25) is 0 Å². The van der Waals surface area contributed by atoms with Gasteiger partial charge in [0.2, 0.25) is 5.91 Å². The smallest absolute Gasteiger partial charge is 0.410 e. The summed E-state index contributed by atoms with van der Waals surface area (Å²) in [6.07, 6.45) is 1.80. The number of carbonyl (C=O) groups excluding carboxylic acids is 4. The van der Waals surface area contributed by atoms with Crippen LogP contribution in [0.1, 0.15) is 58.4 Å². The minimum Gasteiger partial charge on any atom is -0.460 e. The molecule has 0 aromatic heterocycles. The number of hydrogen-bond donors (Lipinski definition) is 1. The zero-order valence-corrected chi connectivity index (χ0v) is 21.4. The highest BCUT2D eigenvalue weighted by Gasteiger charge is 2.32. The fraction of sp³-hybridized carbons (Fsp3) is 0.615. The summed E-state index contributed by atoms with van der Waals surface area (Å²) in [7, 11) is 0. The second-order valence-corrected chi connectivity index (χ2v) is 10.1. The summed E-state index contributed by atoms with van der Waals surface area (Å²) < 4.78 is 16.1. The first kappa shape index (κ1) is 27.3. The van der Waals surface area contributed by atoms with E-state index in [1.807, 2.05) is 30.3 Å². The molecule has 198 valence electrons. The minimum absolute atomic E-state index is 0.000458. The first-order valence-electron chi connectivity index (χ1n) is 12.5. The van der Waals surface area contributed by atoms with Gasteiger partial charge in [-0.1, -0.05) is 30.3 Å². The van der Waals surface area contributed by atoms with Crippen molar-refractivity contribution in [3.05, 3.63) is 35.9 Å². The third kappa shape index (κ3) is 8.73. The maximum atomic E-state index is 13.3. The number of amides is 3. The van der Waals surface area contributed by atoms with Crippen LogP contribution in [0.4, 0.5) is 9.59 Å². The van der Waals surface area contributed by atoms with Gasteiger partial charge in [-0.2, -0.15) is 0 Å². The van der Waals surface area contributed by atoms with Crippen LogP contribution in [0.25, 0.3) is 0 Å². The van der Waals surface area contributed by atoms with Gasteiger partial charge in [0.15, 0.2) is 0 Å². The molecule has 3 rings (SSSR count). The Morgan fingerprint density at radius 3 is 2.22 bits per heavy atom. The Labute approximate surface area is 212 Å². The summed E-state index contributed by atoms with van der Waals surface area (Å²) >= 11 is 0. The van der Waals surface area contributed by atoms with Gasteiger partial charge in [-0.15, -0.1) is 0 Å². The predicted octanol–water partition coefficient (Wildman–Crippen LogP) is 3.24. The molecule has 3 amide bonds. The van der Waals surface area contributed by atoms with Crippen molar-refractivity contribution >= 4 is 24.1 Å². The number of ether oxygens (including phenoxy) is 3. The van der Waals surface area contributed by atoms with Gasteiger partial charge in [0, 0.05) is 32.6 Å². The highest BCUT2D eigenvalue weighted by Crippen LogP contribution is 2.23. The number of nitrogens with zero attached hydrogens (tertiary/aromatic N) is 2. The summed E-state index contributed by atoms with van der Waals surface area (Å²) in [5.41, 5.74) is 0.164. The van der Waals surface area contributed by atoms with Crippen LogP contribution in [0.15, 0.2) is 30.3 Å². The summed E-state index contributed by atoms with van der Waals surface area (Å²) in [6.45, 7) is 6.65. The lowest BCUT2D eigenvalue weighted by Gasteiger charge is -2.37. The van der Waals surface area contributed by atoms with E-state index in [2.05, 4.69) is 5.32 Å². The zero-order chi connectivity index (χ0) is 26.1. The highest BCUT2D eigenvalue weighted by atomic mass is 16.6. The minimum atomic E-state index is -0.964. The molecule has 1 saturated heterocycles. The van der Waals surface area contributed by atoms with Crippen LogP contribution >= 0.6 is 0 Å². The van der Waals surface area contributed by atoms with Gasteiger partial charge < -0.3 is 29.3 Å². The molecule has 0 spiro atoms. The number of rotatable bonds is 8. The standard InChI is InChI=1S/C26H37N3O7/c1-26(2,3)36-22(30)13-12-21(27-24(32)34-18-19-8-5-4-6-9-19)23(31)28-14-16-29(17-15-28)25(33)35-20-10-7-11-20/h4-6,8-9,20-21H,7,10-18H2,1-3H3,(H,27,32). The molecule has 1 aliphatic heterocycles. The third-order valence-electron chi connectivity index (χ3n) is 6.03. The SMILES string of the molecule is CC(C)(C)OC(=O)CCC(NC(=O)OCc1ccccc1)C(=O)N1CCN(C(=O)OC2CCC2)CC1. The zero-order valence-electron chi connectivity index (χ0n) is 21.4. The van der Waals surface area contributed by atoms with Crippen molar-refractivity contribution in [3.8, 4) is 0 Å². The second-order valence-electron chi connectivity index (χ2n) is 10.1. The molecular formula is C26H37N3O7. The molecule has 2 fully saturated rings. The number of piperazine rings is 1. The van der Waals surface area contributed by atoms with Gasteiger partial charge >= 0.3 is 18.2 Å². The fourth-order valence-corrected chi connectivity index (χ4v) is 3.85. The molecule has 1 heterocycles. The molecule has 1 aromatic carbocycles. The Morgan fingerprint density at radius 2 is 1.64 bits per heavy atom. The lowest BCUT2D eigenvalue weighted by molar-refractivity contribution is -0.155. The Bertz CT molecular complexity index is 904. The third-order valence-corrected chi connectivity index (χ3v) is 6.03. The average molecular weight is 504 g/mol. The first-order chi connectivity index (χ1) is 17.1. The van der Waals surface area contributed by atoms with E-state index in [0.29, 0.717) is 26.2 Å². The van der Waals surface area contributed by atoms with E-state index in [0.717, 1.165) is 24.8 Å². The maximum Gasteiger partial charge on any atom is 0.410 e. The van der Waals surface area contributed by atoms with E-state index in [1.165, 1.54) is 0 Å². The monoisotopic (exact) mass is 503 g/mol. The molecule has 10 nitrogen and oxygen atoms in total. The average Bonchev–Trinajstić information content (AvgIpc) is 2.81. The Morgan fingerprint density at radius 1 is 1.00 bits per heavy atom. The van der Waals surface area contributed by atoms with E-state index in [-0.39, 0.29) is 37.6 Å². The molecule has 0 bridgehead atoms. The summed E-state index contributed by atoms with van der Waals surface area (Å²) in [6, 6.07) is 8.23. The lowest BCUT2D eigenvalue weighted by Crippen LogP contribution is -2.56. The van der Waals surface area contributed by atoms with Crippen LogP contribution in [-0.2, 0) is 30.4 Å². The van der Waals surface area contributed by atoms with Gasteiger partial charge in [-0.3, -0.25) is 9.59 Å². The molecule has 0 radical (unpaired) electrons. The summed E-state index contributed by atoms with van der Waals surface area (Å²) in [4.78, 5) is 53.5. The van der Waals surface area contributed by atoms with Crippen molar-refractivity contribution in [2.75, 3.05) is 26.2 Å². The highest BCUT2D eigenvalue weighted by molar-refractivity contribution is 5.86. The van der Waals surface area contributed by atoms with Crippen LogP contribution in [0.5, 0.6) is 0 Å². The van der Waals surface area contributed by atoms with E-state index < -0.39 is 23.7 Å². The molecule has 1 unspecified atom stereocenters. The quantitative estimate of drug-likeness (QED) is 0.428. The van der Waals surface area contributed by atoms with Crippen LogP contribution in [0, 0.1) is 0 Å². The van der Waals surface area contributed by atoms with Crippen molar-refractivity contribution in [2.45, 2.75) is 77.2 Å². The van der Waals surface area contributed by atoms with E-state index in [9.17, 15) is 19.2 Å². The molecule has 1 atom stereocenters. The van der Waals surface area contributed by atoms with Gasteiger partial charge in [-0.05, 0) is 52.0 Å². The number of hydrogen-bond acceptors (Lipinski definition) is 7. The molecular weight excluding hydrogens is 466 g/mol. The van der Waals surface area contributed by atoms with Crippen LogP contribution < -0.4 is 5.32 Å². The summed E-state index contributed by atoms with van der Waals surface area (Å²) in [5.74, 6) is -0.787.